The van der Waals surface area contributed by atoms with Gasteiger partial charge in [-0.05, 0) is 25.1 Å². The normalized spacial score (nSPS) is 12.2. The number of hydrogen-bond acceptors (Lipinski definition) is 2. The molecular weight excluding hydrogens is 240 g/mol. The molecule has 1 amide bonds. The van der Waals surface area contributed by atoms with E-state index in [2.05, 4.69) is 10.4 Å². The molecule has 1 heterocycles. The van der Waals surface area contributed by atoms with Crippen LogP contribution in [-0.2, 0) is 4.79 Å². The van der Waals surface area contributed by atoms with Crippen LogP contribution in [0.25, 0.3) is 0 Å². The number of halogens is 2. The third-order valence-electron chi connectivity index (χ3n) is 2.49. The molecule has 0 bridgehead atoms. The number of carbonyl (C=O) groups is 1. The van der Waals surface area contributed by atoms with Gasteiger partial charge in [0.2, 0.25) is 5.91 Å². The lowest BCUT2D eigenvalue weighted by atomic mass is 10.2. The largest absolute Gasteiger partial charge is 0.322 e. The molecule has 2 rings (SSSR count). The molecule has 2 aromatic rings. The zero-order valence-electron chi connectivity index (χ0n) is 9.60. The number of amides is 1. The Hall–Kier alpha value is -2.24. The first kappa shape index (κ1) is 12.2. The summed E-state index contributed by atoms with van der Waals surface area (Å²) in [6, 6.07) is 4.08. The van der Waals surface area contributed by atoms with Crippen molar-refractivity contribution in [3.05, 3.63) is 48.3 Å². The summed E-state index contributed by atoms with van der Waals surface area (Å²) < 4.78 is 27.5. The van der Waals surface area contributed by atoms with Crippen molar-refractivity contribution in [3.63, 3.8) is 0 Å². The topological polar surface area (TPSA) is 46.9 Å². The van der Waals surface area contributed by atoms with Crippen LogP contribution < -0.4 is 5.32 Å². The van der Waals surface area contributed by atoms with Crippen LogP contribution in [-0.4, -0.2) is 15.7 Å². The Morgan fingerprint density at radius 1 is 1.44 bits per heavy atom. The van der Waals surface area contributed by atoms with Crippen LogP contribution in [0.3, 0.4) is 0 Å². The first-order valence-corrected chi connectivity index (χ1v) is 5.33. The van der Waals surface area contributed by atoms with Crippen LogP contribution in [0.2, 0.25) is 0 Å². The molecule has 18 heavy (non-hydrogen) atoms. The van der Waals surface area contributed by atoms with Crippen molar-refractivity contribution in [1.82, 2.24) is 9.78 Å². The summed E-state index contributed by atoms with van der Waals surface area (Å²) >= 11 is 0. The van der Waals surface area contributed by atoms with Crippen molar-refractivity contribution in [2.45, 2.75) is 13.0 Å². The minimum absolute atomic E-state index is 0.0552. The highest BCUT2D eigenvalue weighted by Crippen LogP contribution is 2.16. The molecule has 0 saturated carbocycles. The molecule has 94 valence electrons. The van der Waals surface area contributed by atoms with Gasteiger partial charge in [-0.15, -0.1) is 0 Å². The number of benzene rings is 1. The fourth-order valence-corrected chi connectivity index (χ4v) is 1.46. The lowest BCUT2D eigenvalue weighted by Crippen LogP contribution is -2.24. The molecular formula is C12H11F2N3O. The van der Waals surface area contributed by atoms with Crippen molar-refractivity contribution >= 4 is 11.6 Å². The van der Waals surface area contributed by atoms with Crippen molar-refractivity contribution in [2.24, 2.45) is 0 Å². The van der Waals surface area contributed by atoms with Gasteiger partial charge in [0.15, 0.2) is 0 Å². The summed E-state index contributed by atoms with van der Waals surface area (Å²) in [6.45, 7) is 1.63. The van der Waals surface area contributed by atoms with E-state index in [0.717, 1.165) is 6.07 Å². The minimum Gasteiger partial charge on any atom is -0.322 e. The van der Waals surface area contributed by atoms with Gasteiger partial charge in [0.1, 0.15) is 17.7 Å². The number of rotatable bonds is 3. The maximum atomic E-state index is 13.3. The third-order valence-corrected chi connectivity index (χ3v) is 2.49. The molecule has 0 radical (unpaired) electrons. The van der Waals surface area contributed by atoms with Crippen LogP contribution in [0.1, 0.15) is 13.0 Å². The van der Waals surface area contributed by atoms with E-state index in [1.807, 2.05) is 0 Å². The summed E-state index contributed by atoms with van der Waals surface area (Å²) in [4.78, 5) is 11.8. The molecule has 1 aromatic heterocycles. The number of aromatic nitrogens is 2. The van der Waals surface area contributed by atoms with Crippen LogP contribution in [0.15, 0.2) is 36.7 Å². The molecule has 6 heteroatoms. The van der Waals surface area contributed by atoms with Crippen molar-refractivity contribution in [3.8, 4) is 0 Å². The van der Waals surface area contributed by atoms with Gasteiger partial charge in [-0.2, -0.15) is 5.10 Å². The molecule has 0 aliphatic carbocycles. The molecule has 4 nitrogen and oxygen atoms in total. The second-order valence-electron chi connectivity index (χ2n) is 3.78. The van der Waals surface area contributed by atoms with Crippen LogP contribution in [0.5, 0.6) is 0 Å². The number of nitrogens with zero attached hydrogens (tertiary/aromatic N) is 2. The predicted octanol–water partition coefficient (Wildman–Crippen LogP) is 2.36. The van der Waals surface area contributed by atoms with Crippen LogP contribution in [0, 0.1) is 11.6 Å². The Bertz CT molecular complexity index is 554. The lowest BCUT2D eigenvalue weighted by molar-refractivity contribution is -0.119. The van der Waals surface area contributed by atoms with E-state index in [-0.39, 0.29) is 5.69 Å². The van der Waals surface area contributed by atoms with E-state index in [1.165, 1.54) is 10.7 Å². The SMILES string of the molecule is CC(C(=O)Nc1ccc(F)cc1F)n1cccn1. The van der Waals surface area contributed by atoms with Gasteiger partial charge in [-0.25, -0.2) is 8.78 Å². The van der Waals surface area contributed by atoms with Gasteiger partial charge in [0.25, 0.3) is 0 Å². The van der Waals surface area contributed by atoms with Gasteiger partial charge in [-0.3, -0.25) is 9.48 Å². The Balaban J connectivity index is 2.12. The van der Waals surface area contributed by atoms with Crippen molar-refractivity contribution in [2.75, 3.05) is 5.32 Å². The summed E-state index contributed by atoms with van der Waals surface area (Å²) in [5.74, 6) is -1.93. The fraction of sp³-hybridized carbons (Fsp3) is 0.167. The molecule has 0 aliphatic rings. The molecule has 0 spiro atoms. The molecule has 1 aromatic carbocycles. The second-order valence-corrected chi connectivity index (χ2v) is 3.78. The van der Waals surface area contributed by atoms with E-state index in [9.17, 15) is 13.6 Å². The highest BCUT2D eigenvalue weighted by Gasteiger charge is 2.16. The fourth-order valence-electron chi connectivity index (χ4n) is 1.46. The first-order valence-electron chi connectivity index (χ1n) is 5.33. The third kappa shape index (κ3) is 2.53. The lowest BCUT2D eigenvalue weighted by Gasteiger charge is -2.13. The quantitative estimate of drug-likeness (QED) is 0.910. The molecule has 1 atom stereocenters. The van der Waals surface area contributed by atoms with Crippen LogP contribution >= 0.6 is 0 Å². The highest BCUT2D eigenvalue weighted by atomic mass is 19.1. The first-order chi connectivity index (χ1) is 8.58. The van der Waals surface area contributed by atoms with E-state index in [4.69, 9.17) is 0 Å². The van der Waals surface area contributed by atoms with Gasteiger partial charge in [-0.1, -0.05) is 0 Å². The zero-order valence-corrected chi connectivity index (χ0v) is 9.60. The Morgan fingerprint density at radius 3 is 2.83 bits per heavy atom. The number of nitrogens with one attached hydrogen (secondary N) is 1. The molecule has 0 fully saturated rings. The number of hydrogen-bond donors (Lipinski definition) is 1. The average molecular weight is 251 g/mol. The van der Waals surface area contributed by atoms with Crippen LogP contribution in [0.4, 0.5) is 14.5 Å². The monoisotopic (exact) mass is 251 g/mol. The second kappa shape index (κ2) is 4.95. The van der Waals surface area contributed by atoms with Gasteiger partial charge in [0, 0.05) is 18.5 Å². The molecule has 1 unspecified atom stereocenters. The maximum Gasteiger partial charge on any atom is 0.249 e. The maximum absolute atomic E-state index is 13.3. The zero-order chi connectivity index (χ0) is 13.1. The van der Waals surface area contributed by atoms with Gasteiger partial charge >= 0.3 is 0 Å². The Morgan fingerprint density at radius 2 is 2.22 bits per heavy atom. The smallest absolute Gasteiger partial charge is 0.249 e. The number of anilines is 1. The summed E-state index contributed by atoms with van der Waals surface area (Å²) in [5, 5.41) is 6.30. The molecule has 0 saturated heterocycles. The standard InChI is InChI=1S/C12H11F2N3O/c1-8(17-6-2-5-15-17)12(18)16-11-4-3-9(13)7-10(11)14/h2-8H,1H3,(H,16,18). The summed E-state index contributed by atoms with van der Waals surface area (Å²) in [7, 11) is 0. The average Bonchev–Trinajstić information content (AvgIpc) is 2.85. The van der Waals surface area contributed by atoms with Gasteiger partial charge in [0.05, 0.1) is 5.69 Å². The van der Waals surface area contributed by atoms with E-state index >= 15 is 0 Å². The van der Waals surface area contributed by atoms with E-state index < -0.39 is 23.6 Å². The van der Waals surface area contributed by atoms with Crippen molar-refractivity contribution in [1.29, 1.82) is 0 Å². The van der Waals surface area contributed by atoms with E-state index in [0.29, 0.717) is 6.07 Å². The van der Waals surface area contributed by atoms with E-state index in [1.54, 1.807) is 25.4 Å². The highest BCUT2D eigenvalue weighted by molar-refractivity contribution is 5.93. The van der Waals surface area contributed by atoms with Crippen molar-refractivity contribution < 1.29 is 13.6 Å². The number of carbonyl (C=O) groups excluding carboxylic acids is 1. The minimum atomic E-state index is -0.809. The Labute approximate surface area is 102 Å². The van der Waals surface area contributed by atoms with Gasteiger partial charge < -0.3 is 5.32 Å². The summed E-state index contributed by atoms with van der Waals surface area (Å²) in [6.07, 6.45) is 3.17. The molecule has 1 N–H and O–H groups in total. The predicted molar refractivity (Wildman–Crippen MR) is 61.9 cm³/mol. The summed E-state index contributed by atoms with van der Waals surface area (Å²) in [5.41, 5.74) is -0.0552. The Kier molecular flexibility index (Phi) is 3.36. The molecule has 0 aliphatic heterocycles.